The first kappa shape index (κ1) is 16.9. The van der Waals surface area contributed by atoms with Crippen molar-refractivity contribution in [1.29, 1.82) is 0 Å². The van der Waals surface area contributed by atoms with Crippen LogP contribution in [-0.2, 0) is 19.5 Å². The Bertz CT molecular complexity index is 1020. The van der Waals surface area contributed by atoms with Crippen molar-refractivity contribution in [3.63, 3.8) is 0 Å². The van der Waals surface area contributed by atoms with Crippen LogP contribution in [0.15, 0.2) is 53.0 Å². The number of carbonyl (C=O) groups is 1. The molecule has 2 heterocycles. The molecule has 2 aromatic carbocycles. The Morgan fingerprint density at radius 2 is 2.00 bits per heavy atom. The third kappa shape index (κ3) is 3.25. The summed E-state index contributed by atoms with van der Waals surface area (Å²) in [6.45, 7) is 2.56. The summed E-state index contributed by atoms with van der Waals surface area (Å²) >= 11 is 3.46. The molecule has 0 bridgehead atoms. The molecule has 1 aliphatic heterocycles. The van der Waals surface area contributed by atoms with Crippen molar-refractivity contribution < 1.29 is 4.79 Å². The maximum absolute atomic E-state index is 12.8. The summed E-state index contributed by atoms with van der Waals surface area (Å²) in [5.41, 5.74) is 4.89. The highest BCUT2D eigenvalue weighted by Gasteiger charge is 2.29. The van der Waals surface area contributed by atoms with E-state index in [2.05, 4.69) is 50.1 Å². The summed E-state index contributed by atoms with van der Waals surface area (Å²) < 4.78 is 3.48. The number of benzene rings is 2. The van der Waals surface area contributed by atoms with E-state index in [1.807, 2.05) is 29.2 Å². The van der Waals surface area contributed by atoms with Crippen LogP contribution in [0.1, 0.15) is 24.1 Å². The second kappa shape index (κ2) is 6.71. The third-order valence-corrected chi connectivity index (χ3v) is 6.16. The molecule has 5 rings (SSSR count). The van der Waals surface area contributed by atoms with Crippen molar-refractivity contribution in [2.45, 2.75) is 32.4 Å². The smallest absolute Gasteiger partial charge is 0.322 e. The lowest BCUT2D eigenvalue weighted by Crippen LogP contribution is -2.39. The fraction of sp³-hybridized carbons (Fsp3) is 0.318. The average molecular weight is 424 g/mol. The minimum absolute atomic E-state index is 0.0298. The number of amides is 2. The number of aromatic nitrogens is 1. The van der Waals surface area contributed by atoms with Gasteiger partial charge in [0.2, 0.25) is 0 Å². The molecule has 5 heteroatoms. The first-order valence-electron chi connectivity index (χ1n) is 9.59. The largest absolute Gasteiger partial charge is 0.344 e. The maximum Gasteiger partial charge on any atom is 0.322 e. The Morgan fingerprint density at radius 3 is 2.81 bits per heavy atom. The molecule has 27 heavy (non-hydrogen) atoms. The Morgan fingerprint density at radius 1 is 1.15 bits per heavy atom. The minimum Gasteiger partial charge on any atom is -0.344 e. The van der Waals surface area contributed by atoms with Crippen molar-refractivity contribution in [2.75, 3.05) is 11.9 Å². The molecule has 0 spiro atoms. The summed E-state index contributed by atoms with van der Waals surface area (Å²) in [4.78, 5) is 14.7. The summed E-state index contributed by atoms with van der Waals surface area (Å²) in [5, 5.41) is 4.33. The monoisotopic (exact) mass is 423 g/mol. The van der Waals surface area contributed by atoms with Crippen molar-refractivity contribution >= 4 is 38.6 Å². The van der Waals surface area contributed by atoms with Gasteiger partial charge in [0.1, 0.15) is 0 Å². The van der Waals surface area contributed by atoms with Gasteiger partial charge in [0.05, 0.1) is 0 Å². The third-order valence-electron chi connectivity index (χ3n) is 5.66. The topological polar surface area (TPSA) is 37.3 Å². The first-order valence-corrected chi connectivity index (χ1v) is 10.4. The van der Waals surface area contributed by atoms with Crippen LogP contribution < -0.4 is 5.32 Å². The molecule has 2 aliphatic rings. The van der Waals surface area contributed by atoms with Crippen LogP contribution in [0.3, 0.4) is 0 Å². The second-order valence-corrected chi connectivity index (χ2v) is 8.52. The first-order chi connectivity index (χ1) is 13.2. The molecule has 138 valence electrons. The number of anilines is 1. The van der Waals surface area contributed by atoms with Gasteiger partial charge in [-0.3, -0.25) is 0 Å². The van der Waals surface area contributed by atoms with Gasteiger partial charge >= 0.3 is 6.03 Å². The van der Waals surface area contributed by atoms with Gasteiger partial charge in [-0.2, -0.15) is 0 Å². The zero-order valence-electron chi connectivity index (χ0n) is 15.1. The molecular formula is C22H22BrN3O. The van der Waals surface area contributed by atoms with Gasteiger partial charge in [0.25, 0.3) is 0 Å². The van der Waals surface area contributed by atoms with Crippen LogP contribution in [0.5, 0.6) is 0 Å². The van der Waals surface area contributed by atoms with E-state index >= 15 is 0 Å². The minimum atomic E-state index is -0.0298. The Hall–Kier alpha value is -2.27. The standard InChI is InChI=1S/C22H22BrN3O/c23-16-4-3-5-17(12-16)24-22(27)25-11-10-21-19(14-25)18-6-1-2-7-20(18)26(21)13-15-8-9-15/h1-7,12,15H,8-11,13-14H2,(H,24,27). The number of hydrogen-bond acceptors (Lipinski definition) is 1. The molecule has 1 N–H and O–H groups in total. The number of urea groups is 1. The number of halogens is 1. The fourth-order valence-corrected chi connectivity index (χ4v) is 4.51. The van der Waals surface area contributed by atoms with E-state index in [-0.39, 0.29) is 6.03 Å². The van der Waals surface area contributed by atoms with Crippen molar-refractivity contribution in [3.05, 3.63) is 64.3 Å². The number of rotatable bonds is 3. The molecule has 1 aromatic heterocycles. The van der Waals surface area contributed by atoms with E-state index in [0.717, 1.165) is 35.6 Å². The average Bonchev–Trinajstić information content (AvgIpc) is 3.45. The molecule has 0 radical (unpaired) electrons. The summed E-state index contributed by atoms with van der Waals surface area (Å²) in [6.07, 6.45) is 3.62. The molecule has 1 aliphatic carbocycles. The van der Waals surface area contributed by atoms with E-state index in [1.54, 1.807) is 0 Å². The van der Waals surface area contributed by atoms with Gasteiger partial charge in [0, 0.05) is 58.4 Å². The zero-order valence-corrected chi connectivity index (χ0v) is 16.7. The predicted molar refractivity (Wildman–Crippen MR) is 112 cm³/mol. The SMILES string of the molecule is O=C(Nc1cccc(Br)c1)N1CCc2c(c3ccccc3n2CC2CC2)C1. The lowest BCUT2D eigenvalue weighted by atomic mass is 10.0. The molecule has 0 saturated heterocycles. The van der Waals surface area contributed by atoms with Crippen molar-refractivity contribution in [2.24, 2.45) is 5.92 Å². The van der Waals surface area contributed by atoms with Crippen molar-refractivity contribution in [1.82, 2.24) is 9.47 Å². The van der Waals surface area contributed by atoms with Gasteiger partial charge in [0.15, 0.2) is 0 Å². The van der Waals surface area contributed by atoms with Crippen LogP contribution in [0, 0.1) is 5.92 Å². The normalized spacial score (nSPS) is 16.4. The van der Waals surface area contributed by atoms with E-state index in [4.69, 9.17) is 0 Å². The number of hydrogen-bond donors (Lipinski definition) is 1. The Balaban J connectivity index is 1.43. The number of nitrogens with zero attached hydrogens (tertiary/aromatic N) is 2. The van der Waals surface area contributed by atoms with E-state index in [0.29, 0.717) is 6.54 Å². The molecule has 1 fully saturated rings. The predicted octanol–water partition coefficient (Wildman–Crippen LogP) is 5.40. The quantitative estimate of drug-likeness (QED) is 0.600. The summed E-state index contributed by atoms with van der Waals surface area (Å²) in [7, 11) is 0. The molecule has 0 unspecified atom stereocenters. The number of nitrogens with one attached hydrogen (secondary N) is 1. The number of para-hydroxylation sites is 1. The van der Waals surface area contributed by atoms with Gasteiger partial charge in [-0.15, -0.1) is 0 Å². The van der Waals surface area contributed by atoms with Gasteiger partial charge in [-0.25, -0.2) is 4.79 Å². The molecule has 2 amide bonds. The number of carbonyl (C=O) groups excluding carboxylic acids is 1. The van der Waals surface area contributed by atoms with Gasteiger partial charge in [-0.1, -0.05) is 40.2 Å². The molecule has 0 atom stereocenters. The van der Waals surface area contributed by atoms with Crippen LogP contribution in [0.4, 0.5) is 10.5 Å². The zero-order chi connectivity index (χ0) is 18.4. The highest BCUT2D eigenvalue weighted by atomic mass is 79.9. The van der Waals surface area contributed by atoms with Gasteiger partial charge in [-0.05, 0) is 43.0 Å². The summed E-state index contributed by atoms with van der Waals surface area (Å²) in [5.74, 6) is 0.836. The highest BCUT2D eigenvalue weighted by Crippen LogP contribution is 2.36. The molecule has 4 nitrogen and oxygen atoms in total. The van der Waals surface area contributed by atoms with E-state index < -0.39 is 0 Å². The Labute approximate surface area is 167 Å². The van der Waals surface area contributed by atoms with E-state index in [1.165, 1.54) is 35.0 Å². The lowest BCUT2D eigenvalue weighted by Gasteiger charge is -2.28. The molecular weight excluding hydrogens is 402 g/mol. The van der Waals surface area contributed by atoms with Crippen LogP contribution in [0.2, 0.25) is 0 Å². The second-order valence-electron chi connectivity index (χ2n) is 7.61. The van der Waals surface area contributed by atoms with Gasteiger partial charge < -0.3 is 14.8 Å². The van der Waals surface area contributed by atoms with Crippen molar-refractivity contribution in [3.8, 4) is 0 Å². The summed E-state index contributed by atoms with van der Waals surface area (Å²) in [6, 6.07) is 16.3. The van der Waals surface area contributed by atoms with Crippen LogP contribution in [-0.4, -0.2) is 22.0 Å². The van der Waals surface area contributed by atoms with E-state index in [9.17, 15) is 4.79 Å². The Kier molecular flexibility index (Phi) is 4.20. The number of fused-ring (bicyclic) bond motifs is 3. The highest BCUT2D eigenvalue weighted by molar-refractivity contribution is 9.10. The van der Waals surface area contributed by atoms with Crippen LogP contribution in [0.25, 0.3) is 10.9 Å². The molecule has 3 aromatic rings. The molecule has 1 saturated carbocycles. The maximum atomic E-state index is 12.8. The fourth-order valence-electron chi connectivity index (χ4n) is 4.11. The lowest BCUT2D eigenvalue weighted by molar-refractivity contribution is 0.206. The van der Waals surface area contributed by atoms with Crippen LogP contribution >= 0.6 is 15.9 Å².